The molecule has 1 aromatic carbocycles. The molecule has 2 saturated heterocycles. The summed E-state index contributed by atoms with van der Waals surface area (Å²) in [5.74, 6) is -4.26. The van der Waals surface area contributed by atoms with Gasteiger partial charge in [-0.2, -0.15) is 13.1 Å². The summed E-state index contributed by atoms with van der Waals surface area (Å²) in [6, 6.07) is 3.66. The van der Waals surface area contributed by atoms with Gasteiger partial charge in [-0.05, 0) is 31.1 Å². The fourth-order valence-electron chi connectivity index (χ4n) is 5.53. The minimum Gasteiger partial charge on any atom is -0.393 e. The van der Waals surface area contributed by atoms with Gasteiger partial charge in [-0.15, -0.1) is 0 Å². The van der Waals surface area contributed by atoms with Crippen molar-refractivity contribution >= 4 is 39.6 Å². The van der Waals surface area contributed by atoms with Crippen LogP contribution in [-0.4, -0.2) is 96.4 Å². The number of esters is 2. The van der Waals surface area contributed by atoms with E-state index in [9.17, 15) is 42.8 Å². The van der Waals surface area contributed by atoms with Gasteiger partial charge in [0.1, 0.15) is 5.70 Å². The molecule has 2 amide bonds. The lowest BCUT2D eigenvalue weighted by molar-refractivity contribution is -0.384. The third-order valence-electron chi connectivity index (χ3n) is 7.47. The second-order valence-electron chi connectivity index (χ2n) is 10.3. The smallest absolute Gasteiger partial charge is 0.362 e. The normalized spacial score (nSPS) is 25.0. The zero-order chi connectivity index (χ0) is 30.2. The van der Waals surface area contributed by atoms with E-state index in [0.29, 0.717) is 25.1 Å². The molecule has 0 saturated carbocycles. The van der Waals surface area contributed by atoms with E-state index in [2.05, 4.69) is 5.32 Å². The van der Waals surface area contributed by atoms with Gasteiger partial charge in [0.05, 0.1) is 35.1 Å². The van der Waals surface area contributed by atoms with E-state index in [1.165, 1.54) is 11.8 Å². The Balaban J connectivity index is 1.50. The van der Waals surface area contributed by atoms with Crippen molar-refractivity contribution < 1.29 is 42.4 Å². The van der Waals surface area contributed by atoms with Gasteiger partial charge < -0.3 is 20.1 Å². The fraction of sp³-hybridized carbons (Fsp3) is 0.500. The minimum absolute atomic E-state index is 0.0931. The lowest BCUT2D eigenvalue weighted by atomic mass is 9.77. The molecule has 1 unspecified atom stereocenters. The number of non-ortho nitro benzene ring substituents is 1. The van der Waals surface area contributed by atoms with E-state index >= 15 is 0 Å². The number of carbonyl (C=O) groups is 4. The summed E-state index contributed by atoms with van der Waals surface area (Å²) in [4.78, 5) is 64.4. The molecule has 5 N–H and O–H groups in total. The van der Waals surface area contributed by atoms with Gasteiger partial charge in [0.25, 0.3) is 15.9 Å². The summed E-state index contributed by atoms with van der Waals surface area (Å²) in [6.45, 7) is 3.84. The molecule has 0 bridgehead atoms. The van der Waals surface area contributed by atoms with Crippen LogP contribution in [-0.2, 0) is 29.3 Å². The number of ether oxygens (including phenoxy) is 1. The first-order chi connectivity index (χ1) is 19.2. The number of carbonyl (C=O) groups excluding carboxylic acids is 4. The molecule has 222 valence electrons. The standard InChI is InChI=1S/C24H30N6O10S/c1-12-17(11-28-8-7-15(10-28)27-18(32)9-26-41(25,38)39)21(29-20(12)19(13(2)31)22(29)33)24(35)40-23(34)14-3-5-16(6-4-14)30(36)37/h3-6,12-13,15,19-20,26,31H,7-11H2,1-2H3,(H,27,32)(H2,25,38,39)/t12-,13+,15-,19?,20+/m0/s1. The van der Waals surface area contributed by atoms with Gasteiger partial charge in [0.2, 0.25) is 11.8 Å². The van der Waals surface area contributed by atoms with Gasteiger partial charge in [-0.25, -0.2) is 14.7 Å². The highest BCUT2D eigenvalue weighted by Crippen LogP contribution is 2.47. The quantitative estimate of drug-likeness (QED) is 0.0790. The maximum atomic E-state index is 13.3. The van der Waals surface area contributed by atoms with E-state index in [4.69, 9.17) is 9.88 Å². The van der Waals surface area contributed by atoms with Crippen molar-refractivity contribution in [2.24, 2.45) is 17.0 Å². The molecule has 4 rings (SSSR count). The monoisotopic (exact) mass is 594 g/mol. The lowest BCUT2D eigenvalue weighted by Gasteiger charge is -2.46. The number of nitrogens with zero attached hydrogens (tertiary/aromatic N) is 3. The number of nitro benzene ring substituents is 1. The number of nitrogens with two attached hydrogens (primary N) is 1. The molecule has 0 aromatic heterocycles. The summed E-state index contributed by atoms with van der Waals surface area (Å²) in [6.07, 6.45) is -0.439. The SMILES string of the molecule is C[C@@H](O)C1C(=O)N2C(C(=O)OC(=O)c3ccc([N+](=O)[O-])cc3)=C(CN3CC[C@H](NC(=O)CNS(N)(=O)=O)C3)[C@H](C)[C@H]12. The number of β-lactam (4-membered cyclic amide) rings is 1. The van der Waals surface area contributed by atoms with Crippen LogP contribution in [0, 0.1) is 22.0 Å². The number of benzene rings is 1. The molecular weight excluding hydrogens is 564 g/mol. The van der Waals surface area contributed by atoms with Crippen LogP contribution in [0.5, 0.6) is 0 Å². The van der Waals surface area contributed by atoms with Crippen molar-refractivity contribution in [2.45, 2.75) is 38.5 Å². The molecule has 5 atom stereocenters. The topological polar surface area (TPSA) is 232 Å². The van der Waals surface area contributed by atoms with Gasteiger partial charge in [-0.3, -0.25) is 24.6 Å². The van der Waals surface area contributed by atoms with Crippen molar-refractivity contribution in [2.75, 3.05) is 26.2 Å². The highest BCUT2D eigenvalue weighted by atomic mass is 32.2. The number of nitrogens with one attached hydrogen (secondary N) is 2. The third-order valence-corrected chi connectivity index (χ3v) is 8.02. The summed E-state index contributed by atoms with van der Waals surface area (Å²) in [5, 5.41) is 28.6. The molecule has 3 heterocycles. The molecule has 3 aliphatic heterocycles. The lowest BCUT2D eigenvalue weighted by Crippen LogP contribution is -2.63. The van der Waals surface area contributed by atoms with Crippen LogP contribution in [0.25, 0.3) is 0 Å². The average molecular weight is 595 g/mol. The van der Waals surface area contributed by atoms with Crippen molar-refractivity contribution in [3.63, 3.8) is 0 Å². The number of likely N-dealkylation sites (tertiary alicyclic amines) is 1. The number of nitro groups is 1. The highest BCUT2D eigenvalue weighted by molar-refractivity contribution is 7.87. The van der Waals surface area contributed by atoms with Gasteiger partial charge >= 0.3 is 11.9 Å². The van der Waals surface area contributed by atoms with Gasteiger partial charge in [0.15, 0.2) is 0 Å². The number of aliphatic hydroxyl groups is 1. The van der Waals surface area contributed by atoms with E-state index in [1.807, 2.05) is 16.5 Å². The molecule has 17 heteroatoms. The Morgan fingerprint density at radius 1 is 1.24 bits per heavy atom. The summed E-state index contributed by atoms with van der Waals surface area (Å²) < 4.78 is 29.0. The summed E-state index contributed by atoms with van der Waals surface area (Å²) >= 11 is 0. The van der Waals surface area contributed by atoms with Crippen LogP contribution >= 0.6 is 0 Å². The van der Waals surface area contributed by atoms with Crippen molar-refractivity contribution in [3.8, 4) is 0 Å². The van der Waals surface area contributed by atoms with Crippen LogP contribution < -0.4 is 15.2 Å². The van der Waals surface area contributed by atoms with Crippen LogP contribution in [0.1, 0.15) is 30.6 Å². The Morgan fingerprint density at radius 2 is 1.90 bits per heavy atom. The molecule has 1 aromatic rings. The molecule has 0 aliphatic carbocycles. The van der Waals surface area contributed by atoms with Gasteiger partial charge in [-0.1, -0.05) is 6.92 Å². The molecule has 2 fully saturated rings. The molecule has 3 aliphatic rings. The van der Waals surface area contributed by atoms with Gasteiger partial charge in [0, 0.05) is 43.7 Å². The number of amides is 2. The molecule has 0 radical (unpaired) electrons. The zero-order valence-electron chi connectivity index (χ0n) is 22.2. The molecule has 41 heavy (non-hydrogen) atoms. The van der Waals surface area contributed by atoms with Crippen molar-refractivity contribution in [3.05, 3.63) is 51.2 Å². The second kappa shape index (κ2) is 11.6. The van der Waals surface area contributed by atoms with Crippen LogP contribution in [0.4, 0.5) is 5.69 Å². The van der Waals surface area contributed by atoms with E-state index in [0.717, 1.165) is 24.3 Å². The summed E-state index contributed by atoms with van der Waals surface area (Å²) in [5.41, 5.74) is 0.0855. The molecule has 16 nitrogen and oxygen atoms in total. The third kappa shape index (κ3) is 6.43. The predicted molar refractivity (Wildman–Crippen MR) is 140 cm³/mol. The largest absolute Gasteiger partial charge is 0.393 e. The minimum atomic E-state index is -4.02. The Hall–Kier alpha value is -3.77. The first-order valence-corrected chi connectivity index (χ1v) is 14.3. The first kappa shape index (κ1) is 30.2. The number of fused-ring (bicyclic) bond motifs is 1. The highest BCUT2D eigenvalue weighted by Gasteiger charge is 2.60. The number of rotatable bonds is 10. The number of aliphatic hydroxyl groups excluding tert-OH is 1. The zero-order valence-corrected chi connectivity index (χ0v) is 23.0. The van der Waals surface area contributed by atoms with Crippen LogP contribution in [0.3, 0.4) is 0 Å². The maximum Gasteiger partial charge on any atom is 0.362 e. The van der Waals surface area contributed by atoms with Crippen LogP contribution in [0.2, 0.25) is 0 Å². The predicted octanol–water partition coefficient (Wildman–Crippen LogP) is -1.63. The Kier molecular flexibility index (Phi) is 8.55. The Morgan fingerprint density at radius 3 is 2.49 bits per heavy atom. The van der Waals surface area contributed by atoms with Crippen molar-refractivity contribution in [1.29, 1.82) is 0 Å². The van der Waals surface area contributed by atoms with E-state index < -0.39 is 63.5 Å². The molecular formula is C24H30N6O10S. The Bertz CT molecular complexity index is 1410. The average Bonchev–Trinajstić information content (AvgIpc) is 3.42. The molecule has 0 spiro atoms. The number of hydrogen-bond acceptors (Lipinski definition) is 11. The van der Waals surface area contributed by atoms with Crippen LogP contribution in [0.15, 0.2) is 35.5 Å². The van der Waals surface area contributed by atoms with Crippen molar-refractivity contribution in [1.82, 2.24) is 19.8 Å². The number of hydrogen-bond donors (Lipinski definition) is 4. The Labute approximate surface area is 234 Å². The summed E-state index contributed by atoms with van der Waals surface area (Å²) in [7, 11) is -4.02. The fourth-order valence-corrected chi connectivity index (χ4v) is 5.87. The van der Waals surface area contributed by atoms with E-state index in [1.54, 1.807) is 0 Å². The second-order valence-corrected chi connectivity index (χ2v) is 11.6. The maximum absolute atomic E-state index is 13.3. The van der Waals surface area contributed by atoms with E-state index in [-0.39, 0.29) is 35.5 Å². The first-order valence-electron chi connectivity index (χ1n) is 12.7.